The number of nitrogens with one attached hydrogen (secondary N) is 4. The summed E-state index contributed by atoms with van der Waals surface area (Å²) in [6.07, 6.45) is 4.21. The highest BCUT2D eigenvalue weighted by Gasteiger charge is 2.21. The summed E-state index contributed by atoms with van der Waals surface area (Å²) in [7, 11) is 0. The maximum Gasteiger partial charge on any atom is 0.170 e. The van der Waals surface area contributed by atoms with E-state index in [1.807, 2.05) is 36.4 Å². The van der Waals surface area contributed by atoms with Crippen LogP contribution in [0.5, 0.6) is 0 Å². The molecule has 4 nitrogen and oxygen atoms in total. The lowest BCUT2D eigenvalue weighted by molar-refractivity contribution is 0.771. The average molecular weight is 445 g/mol. The van der Waals surface area contributed by atoms with Gasteiger partial charge in [0, 0.05) is 57.4 Å². The number of rotatable bonds is 5. The Bertz CT molecular complexity index is 1300. The summed E-state index contributed by atoms with van der Waals surface area (Å²) in [4.78, 5) is 6.82. The lowest BCUT2D eigenvalue weighted by Gasteiger charge is -2.19. The molecule has 0 aliphatic heterocycles. The number of anilines is 1. The number of benzene rings is 3. The van der Waals surface area contributed by atoms with E-state index in [4.69, 9.17) is 23.8 Å². The summed E-state index contributed by atoms with van der Waals surface area (Å²) < 4.78 is 0. The first-order valence-corrected chi connectivity index (χ1v) is 10.9. The van der Waals surface area contributed by atoms with Gasteiger partial charge in [-0.05, 0) is 53.7 Å². The molecule has 0 saturated carbocycles. The highest BCUT2D eigenvalue weighted by Crippen LogP contribution is 2.34. The molecule has 0 atom stereocenters. The molecule has 0 unspecified atom stereocenters. The van der Waals surface area contributed by atoms with Gasteiger partial charge in [0.25, 0.3) is 0 Å². The van der Waals surface area contributed by atoms with Crippen molar-refractivity contribution in [1.82, 2.24) is 15.3 Å². The smallest absolute Gasteiger partial charge is 0.170 e. The molecule has 0 aliphatic rings. The molecule has 0 fully saturated rings. The molecule has 0 saturated heterocycles. The van der Waals surface area contributed by atoms with Crippen molar-refractivity contribution < 1.29 is 0 Å². The molecule has 2 aromatic heterocycles. The number of aromatic amines is 2. The SMILES string of the molecule is S=C(NCC(c1c[nH]c2ccccc12)c1c[nH]c2ccccc12)Nc1cccc(Cl)c1. The standard InChI is InChI=1S/C25H21ClN4S/c26-16-6-5-7-17(12-16)30-25(31)29-15-22(20-13-27-23-10-3-1-8-18(20)23)21-14-28-24-11-4-2-9-19(21)24/h1-14,22,27-28H,15H2,(H2,29,30,31). The minimum Gasteiger partial charge on any atom is -0.361 e. The first-order valence-electron chi connectivity index (χ1n) is 10.1. The molecule has 5 aromatic rings. The van der Waals surface area contributed by atoms with E-state index in [9.17, 15) is 0 Å². The third-order valence-electron chi connectivity index (χ3n) is 5.54. The van der Waals surface area contributed by atoms with Gasteiger partial charge in [0.2, 0.25) is 0 Å². The Morgan fingerprint density at radius 3 is 2.06 bits per heavy atom. The van der Waals surface area contributed by atoms with Gasteiger partial charge in [-0.2, -0.15) is 0 Å². The Labute approximate surface area is 190 Å². The first-order chi connectivity index (χ1) is 15.2. The van der Waals surface area contributed by atoms with Crippen molar-refractivity contribution in [3.05, 3.63) is 101 Å². The Morgan fingerprint density at radius 1 is 0.839 bits per heavy atom. The van der Waals surface area contributed by atoms with Crippen molar-refractivity contribution in [1.29, 1.82) is 0 Å². The van der Waals surface area contributed by atoms with Gasteiger partial charge in [-0.1, -0.05) is 54.1 Å². The zero-order chi connectivity index (χ0) is 21.2. The average Bonchev–Trinajstić information content (AvgIpc) is 3.39. The van der Waals surface area contributed by atoms with E-state index in [0.29, 0.717) is 16.7 Å². The van der Waals surface area contributed by atoms with Gasteiger partial charge in [0.05, 0.1) is 0 Å². The maximum absolute atomic E-state index is 6.09. The van der Waals surface area contributed by atoms with Crippen LogP contribution < -0.4 is 10.6 Å². The van der Waals surface area contributed by atoms with Crippen LogP contribution in [-0.2, 0) is 0 Å². The predicted molar refractivity (Wildman–Crippen MR) is 134 cm³/mol. The van der Waals surface area contributed by atoms with E-state index >= 15 is 0 Å². The van der Waals surface area contributed by atoms with Crippen LogP contribution in [-0.4, -0.2) is 21.6 Å². The second-order valence-corrected chi connectivity index (χ2v) is 8.32. The number of hydrogen-bond acceptors (Lipinski definition) is 1. The number of aromatic nitrogens is 2. The third-order valence-corrected chi connectivity index (χ3v) is 6.02. The van der Waals surface area contributed by atoms with Crippen molar-refractivity contribution in [2.24, 2.45) is 0 Å². The molecular formula is C25H21ClN4S. The summed E-state index contributed by atoms with van der Waals surface area (Å²) >= 11 is 11.7. The van der Waals surface area contributed by atoms with Crippen LogP contribution in [0.2, 0.25) is 5.02 Å². The molecule has 3 aromatic carbocycles. The second-order valence-electron chi connectivity index (χ2n) is 7.48. The number of halogens is 1. The zero-order valence-corrected chi connectivity index (χ0v) is 18.2. The fraction of sp³-hybridized carbons (Fsp3) is 0.0800. The maximum atomic E-state index is 6.09. The topological polar surface area (TPSA) is 55.6 Å². The second kappa shape index (κ2) is 8.46. The molecule has 154 valence electrons. The zero-order valence-electron chi connectivity index (χ0n) is 16.7. The summed E-state index contributed by atoms with van der Waals surface area (Å²) in [5, 5.41) is 10.3. The van der Waals surface area contributed by atoms with Crippen LogP contribution >= 0.6 is 23.8 Å². The van der Waals surface area contributed by atoms with Crippen LogP contribution in [0.1, 0.15) is 17.0 Å². The fourth-order valence-corrected chi connectivity index (χ4v) is 4.48. The van der Waals surface area contributed by atoms with E-state index in [0.717, 1.165) is 16.7 Å². The number of para-hydroxylation sites is 2. The lowest BCUT2D eigenvalue weighted by atomic mass is 9.90. The Morgan fingerprint density at radius 2 is 1.45 bits per heavy atom. The normalized spacial score (nSPS) is 11.3. The van der Waals surface area contributed by atoms with Crippen molar-refractivity contribution >= 4 is 56.4 Å². The molecule has 0 radical (unpaired) electrons. The fourth-order valence-electron chi connectivity index (χ4n) is 4.09. The van der Waals surface area contributed by atoms with Crippen LogP contribution in [0, 0.1) is 0 Å². The van der Waals surface area contributed by atoms with E-state index in [2.05, 4.69) is 69.4 Å². The van der Waals surface area contributed by atoms with Crippen LogP contribution in [0.25, 0.3) is 21.8 Å². The molecule has 0 bridgehead atoms. The molecule has 4 N–H and O–H groups in total. The van der Waals surface area contributed by atoms with Gasteiger partial charge >= 0.3 is 0 Å². The van der Waals surface area contributed by atoms with Gasteiger partial charge in [-0.3, -0.25) is 0 Å². The van der Waals surface area contributed by atoms with Crippen LogP contribution in [0.15, 0.2) is 85.2 Å². The predicted octanol–water partition coefficient (Wildman–Crippen LogP) is 6.42. The quantitative estimate of drug-likeness (QED) is 0.236. The van der Waals surface area contributed by atoms with Crippen molar-refractivity contribution in [3.8, 4) is 0 Å². The van der Waals surface area contributed by atoms with E-state index in [1.165, 1.54) is 21.9 Å². The van der Waals surface area contributed by atoms with Gasteiger partial charge < -0.3 is 20.6 Å². The van der Waals surface area contributed by atoms with E-state index in [1.54, 1.807) is 0 Å². The van der Waals surface area contributed by atoms with Crippen molar-refractivity contribution in [3.63, 3.8) is 0 Å². The van der Waals surface area contributed by atoms with Crippen LogP contribution in [0.3, 0.4) is 0 Å². The van der Waals surface area contributed by atoms with Gasteiger partial charge in [0.15, 0.2) is 5.11 Å². The summed E-state index contributed by atoms with van der Waals surface area (Å²) in [6.45, 7) is 0.649. The molecule has 0 spiro atoms. The molecule has 0 amide bonds. The van der Waals surface area contributed by atoms with Crippen molar-refractivity contribution in [2.45, 2.75) is 5.92 Å². The van der Waals surface area contributed by atoms with Crippen LogP contribution in [0.4, 0.5) is 5.69 Å². The first kappa shape index (κ1) is 19.7. The third kappa shape index (κ3) is 4.02. The van der Waals surface area contributed by atoms with Gasteiger partial charge in [-0.15, -0.1) is 0 Å². The summed E-state index contributed by atoms with van der Waals surface area (Å²) in [5.74, 6) is 0.103. The number of hydrogen-bond donors (Lipinski definition) is 4. The lowest BCUT2D eigenvalue weighted by Crippen LogP contribution is -2.32. The highest BCUT2D eigenvalue weighted by molar-refractivity contribution is 7.80. The summed E-state index contributed by atoms with van der Waals surface area (Å²) in [6, 6.07) is 24.3. The Kier molecular flexibility index (Phi) is 5.37. The van der Waals surface area contributed by atoms with Crippen molar-refractivity contribution in [2.75, 3.05) is 11.9 Å². The largest absolute Gasteiger partial charge is 0.361 e. The number of H-pyrrole nitrogens is 2. The monoisotopic (exact) mass is 444 g/mol. The molecular weight excluding hydrogens is 424 g/mol. The Hall–Kier alpha value is -3.28. The minimum atomic E-state index is 0.103. The Balaban J connectivity index is 1.46. The highest BCUT2D eigenvalue weighted by atomic mass is 35.5. The molecule has 2 heterocycles. The molecule has 5 rings (SSSR count). The van der Waals surface area contributed by atoms with E-state index < -0.39 is 0 Å². The molecule has 31 heavy (non-hydrogen) atoms. The van der Waals surface area contributed by atoms with E-state index in [-0.39, 0.29) is 5.92 Å². The molecule has 6 heteroatoms. The molecule has 0 aliphatic carbocycles. The van der Waals surface area contributed by atoms with Gasteiger partial charge in [0.1, 0.15) is 0 Å². The number of thiocarbonyl (C=S) groups is 1. The van der Waals surface area contributed by atoms with Gasteiger partial charge in [-0.25, -0.2) is 0 Å². The number of fused-ring (bicyclic) bond motifs is 2. The minimum absolute atomic E-state index is 0.103. The summed E-state index contributed by atoms with van der Waals surface area (Å²) in [5.41, 5.74) is 5.58.